The Labute approximate surface area is 132 Å². The minimum Gasteiger partial charge on any atom is -0.353 e. The SMILES string of the molecule is CCC[C@@H](C)NC(=O)C1CCN(C(=O)c2ccccc2)CC1. The smallest absolute Gasteiger partial charge is 0.253 e. The molecule has 1 fully saturated rings. The topological polar surface area (TPSA) is 49.4 Å². The van der Waals surface area contributed by atoms with Gasteiger partial charge in [0.05, 0.1) is 0 Å². The molecule has 0 saturated carbocycles. The molecule has 0 spiro atoms. The number of carbonyl (C=O) groups is 2. The fourth-order valence-corrected chi connectivity index (χ4v) is 2.97. The van der Waals surface area contributed by atoms with Gasteiger partial charge in [-0.2, -0.15) is 0 Å². The number of nitrogens with zero attached hydrogens (tertiary/aromatic N) is 1. The monoisotopic (exact) mass is 302 g/mol. The van der Waals surface area contributed by atoms with Crippen molar-refractivity contribution in [2.24, 2.45) is 5.92 Å². The van der Waals surface area contributed by atoms with Gasteiger partial charge in [0.15, 0.2) is 0 Å². The zero-order valence-electron chi connectivity index (χ0n) is 13.5. The molecular weight excluding hydrogens is 276 g/mol. The predicted octanol–water partition coefficient (Wildman–Crippen LogP) is 2.84. The van der Waals surface area contributed by atoms with Crippen molar-refractivity contribution in [1.29, 1.82) is 0 Å². The van der Waals surface area contributed by atoms with Crippen molar-refractivity contribution in [3.8, 4) is 0 Å². The van der Waals surface area contributed by atoms with Gasteiger partial charge in [-0.1, -0.05) is 31.5 Å². The average molecular weight is 302 g/mol. The first-order valence-corrected chi connectivity index (χ1v) is 8.26. The average Bonchev–Trinajstić information content (AvgIpc) is 2.55. The Morgan fingerprint density at radius 1 is 1.23 bits per heavy atom. The predicted molar refractivity (Wildman–Crippen MR) is 87.6 cm³/mol. The Bertz CT molecular complexity index is 493. The summed E-state index contributed by atoms with van der Waals surface area (Å²) in [6.07, 6.45) is 3.59. The first-order chi connectivity index (χ1) is 10.6. The molecule has 120 valence electrons. The highest BCUT2D eigenvalue weighted by Crippen LogP contribution is 2.19. The zero-order chi connectivity index (χ0) is 15.9. The first kappa shape index (κ1) is 16.5. The maximum Gasteiger partial charge on any atom is 0.253 e. The van der Waals surface area contributed by atoms with Crippen LogP contribution < -0.4 is 5.32 Å². The lowest BCUT2D eigenvalue weighted by Crippen LogP contribution is -2.44. The highest BCUT2D eigenvalue weighted by Gasteiger charge is 2.28. The maximum atomic E-state index is 12.4. The molecule has 1 heterocycles. The van der Waals surface area contributed by atoms with Crippen molar-refractivity contribution in [1.82, 2.24) is 10.2 Å². The standard InChI is InChI=1S/C18H26N2O2/c1-3-7-14(2)19-17(21)15-10-12-20(13-11-15)18(22)16-8-5-4-6-9-16/h4-6,8-9,14-15H,3,7,10-13H2,1-2H3,(H,19,21)/t14-/m1/s1. The summed E-state index contributed by atoms with van der Waals surface area (Å²) in [4.78, 5) is 26.4. The maximum absolute atomic E-state index is 12.4. The minimum absolute atomic E-state index is 0.0409. The Hall–Kier alpha value is -1.84. The van der Waals surface area contributed by atoms with Crippen LogP contribution in [0, 0.1) is 5.92 Å². The minimum atomic E-state index is 0.0409. The fraction of sp³-hybridized carbons (Fsp3) is 0.556. The van der Waals surface area contributed by atoms with E-state index in [4.69, 9.17) is 0 Å². The van der Waals surface area contributed by atoms with E-state index in [0.717, 1.165) is 31.2 Å². The van der Waals surface area contributed by atoms with Crippen LogP contribution in [0.5, 0.6) is 0 Å². The number of hydrogen-bond acceptors (Lipinski definition) is 2. The van der Waals surface area contributed by atoms with Gasteiger partial charge in [0.2, 0.25) is 5.91 Å². The molecule has 2 rings (SSSR count). The van der Waals surface area contributed by atoms with Crippen LogP contribution in [0.4, 0.5) is 0 Å². The van der Waals surface area contributed by atoms with Crippen molar-refractivity contribution in [2.75, 3.05) is 13.1 Å². The Balaban J connectivity index is 1.83. The van der Waals surface area contributed by atoms with Crippen molar-refractivity contribution < 1.29 is 9.59 Å². The summed E-state index contributed by atoms with van der Waals surface area (Å²) < 4.78 is 0. The summed E-state index contributed by atoms with van der Waals surface area (Å²) in [7, 11) is 0. The number of likely N-dealkylation sites (tertiary alicyclic amines) is 1. The molecule has 1 aliphatic heterocycles. The molecule has 1 saturated heterocycles. The van der Waals surface area contributed by atoms with Gasteiger partial charge in [0.25, 0.3) is 5.91 Å². The molecule has 22 heavy (non-hydrogen) atoms. The molecule has 1 aromatic rings. The molecule has 2 amide bonds. The molecule has 0 aliphatic carbocycles. The number of amides is 2. The molecular formula is C18H26N2O2. The third-order valence-electron chi connectivity index (χ3n) is 4.28. The van der Waals surface area contributed by atoms with E-state index in [2.05, 4.69) is 19.2 Å². The molecule has 0 bridgehead atoms. The third kappa shape index (κ3) is 4.33. The molecule has 1 N–H and O–H groups in total. The quantitative estimate of drug-likeness (QED) is 0.909. The van der Waals surface area contributed by atoms with E-state index in [0.29, 0.717) is 13.1 Å². The van der Waals surface area contributed by atoms with Gasteiger partial charge in [-0.05, 0) is 38.3 Å². The van der Waals surface area contributed by atoms with Gasteiger partial charge < -0.3 is 10.2 Å². The second kappa shape index (κ2) is 7.97. The molecule has 0 unspecified atom stereocenters. The van der Waals surface area contributed by atoms with Gasteiger partial charge in [-0.25, -0.2) is 0 Å². The van der Waals surface area contributed by atoms with Crippen molar-refractivity contribution in [3.63, 3.8) is 0 Å². The summed E-state index contributed by atoms with van der Waals surface area (Å²) in [5, 5.41) is 3.08. The zero-order valence-corrected chi connectivity index (χ0v) is 13.5. The van der Waals surface area contributed by atoms with Gasteiger partial charge >= 0.3 is 0 Å². The second-order valence-corrected chi connectivity index (χ2v) is 6.13. The number of rotatable bonds is 5. The van der Waals surface area contributed by atoms with E-state index in [9.17, 15) is 9.59 Å². The van der Waals surface area contributed by atoms with Crippen LogP contribution in [-0.4, -0.2) is 35.8 Å². The number of piperidine rings is 1. The largest absolute Gasteiger partial charge is 0.353 e. The number of benzene rings is 1. The van der Waals surface area contributed by atoms with Crippen LogP contribution >= 0.6 is 0 Å². The van der Waals surface area contributed by atoms with Crippen LogP contribution in [0.2, 0.25) is 0 Å². The summed E-state index contributed by atoms with van der Waals surface area (Å²) in [5.41, 5.74) is 0.724. The highest BCUT2D eigenvalue weighted by molar-refractivity contribution is 5.94. The van der Waals surface area contributed by atoms with Crippen LogP contribution in [0.3, 0.4) is 0 Å². The normalized spacial score (nSPS) is 17.1. The van der Waals surface area contributed by atoms with Crippen LogP contribution in [-0.2, 0) is 4.79 Å². The summed E-state index contributed by atoms with van der Waals surface area (Å²) in [6, 6.07) is 9.58. The highest BCUT2D eigenvalue weighted by atomic mass is 16.2. The molecule has 1 aromatic carbocycles. The summed E-state index contributed by atoms with van der Waals surface area (Å²) in [6.45, 7) is 5.49. The van der Waals surface area contributed by atoms with Gasteiger partial charge in [-0.15, -0.1) is 0 Å². The Kier molecular flexibility index (Phi) is 5.99. The van der Waals surface area contributed by atoms with Crippen LogP contribution in [0.1, 0.15) is 49.9 Å². The first-order valence-electron chi connectivity index (χ1n) is 8.26. The van der Waals surface area contributed by atoms with Gasteiger partial charge in [0, 0.05) is 30.6 Å². The summed E-state index contributed by atoms with van der Waals surface area (Å²) >= 11 is 0. The summed E-state index contributed by atoms with van der Waals surface area (Å²) in [5.74, 6) is 0.255. The van der Waals surface area contributed by atoms with Crippen LogP contribution in [0.25, 0.3) is 0 Å². The molecule has 0 radical (unpaired) electrons. The van der Waals surface area contributed by atoms with E-state index >= 15 is 0 Å². The Morgan fingerprint density at radius 2 is 1.86 bits per heavy atom. The van der Waals surface area contributed by atoms with E-state index in [1.807, 2.05) is 35.2 Å². The van der Waals surface area contributed by atoms with Gasteiger partial charge in [-0.3, -0.25) is 9.59 Å². The van der Waals surface area contributed by atoms with Crippen molar-refractivity contribution in [2.45, 2.75) is 45.6 Å². The number of carbonyl (C=O) groups excluding carboxylic acids is 2. The molecule has 1 aliphatic rings. The van der Waals surface area contributed by atoms with Gasteiger partial charge in [0.1, 0.15) is 0 Å². The fourth-order valence-electron chi connectivity index (χ4n) is 2.97. The van der Waals surface area contributed by atoms with E-state index in [-0.39, 0.29) is 23.8 Å². The molecule has 0 aromatic heterocycles. The van der Waals surface area contributed by atoms with E-state index in [1.165, 1.54) is 0 Å². The van der Waals surface area contributed by atoms with Crippen molar-refractivity contribution >= 4 is 11.8 Å². The third-order valence-corrected chi connectivity index (χ3v) is 4.28. The molecule has 1 atom stereocenters. The lowest BCUT2D eigenvalue weighted by Gasteiger charge is -2.32. The number of nitrogens with one attached hydrogen (secondary N) is 1. The molecule has 4 nitrogen and oxygen atoms in total. The second-order valence-electron chi connectivity index (χ2n) is 6.13. The number of hydrogen-bond donors (Lipinski definition) is 1. The Morgan fingerprint density at radius 3 is 2.45 bits per heavy atom. The lowest BCUT2D eigenvalue weighted by atomic mass is 9.95. The van der Waals surface area contributed by atoms with E-state index in [1.54, 1.807) is 0 Å². The van der Waals surface area contributed by atoms with E-state index < -0.39 is 0 Å². The van der Waals surface area contributed by atoms with Crippen LogP contribution in [0.15, 0.2) is 30.3 Å². The molecule has 4 heteroatoms. The van der Waals surface area contributed by atoms with Crippen molar-refractivity contribution in [3.05, 3.63) is 35.9 Å². The lowest BCUT2D eigenvalue weighted by molar-refractivity contribution is -0.126.